The molecule has 0 unspecified atom stereocenters. The second-order valence-electron chi connectivity index (χ2n) is 8.93. The summed E-state index contributed by atoms with van der Waals surface area (Å²) in [5, 5.41) is 2.63. The summed E-state index contributed by atoms with van der Waals surface area (Å²) in [5.74, 6) is -0.565. The normalized spacial score (nSPS) is 17.0. The van der Waals surface area contributed by atoms with Gasteiger partial charge in [-0.2, -0.15) is 4.31 Å². The number of aryl methyl sites for hydroxylation is 2. The van der Waals surface area contributed by atoms with Crippen LogP contribution >= 0.6 is 0 Å². The number of anilines is 1. The van der Waals surface area contributed by atoms with Crippen molar-refractivity contribution in [2.24, 2.45) is 0 Å². The lowest BCUT2D eigenvalue weighted by molar-refractivity contribution is -0.131. The van der Waals surface area contributed by atoms with E-state index in [2.05, 4.69) is 5.32 Å². The molecule has 3 amide bonds. The lowest BCUT2D eigenvalue weighted by atomic mass is 10.2. The Kier molecular flexibility index (Phi) is 7.23. The van der Waals surface area contributed by atoms with E-state index in [-0.39, 0.29) is 50.4 Å². The third-order valence-corrected chi connectivity index (χ3v) is 8.51. The van der Waals surface area contributed by atoms with Crippen LogP contribution < -0.4 is 10.2 Å². The third-order valence-electron chi connectivity index (χ3n) is 6.47. The average molecular weight is 499 g/mol. The van der Waals surface area contributed by atoms with Gasteiger partial charge in [0, 0.05) is 50.4 Å². The largest absolute Gasteiger partial charge is 0.343 e. The lowest BCUT2D eigenvalue weighted by Crippen LogP contribution is -2.52. The first kappa shape index (κ1) is 24.9. The summed E-state index contributed by atoms with van der Waals surface area (Å²) in [6.45, 7) is 5.06. The molecular formula is C25H30N4O5S. The Morgan fingerprint density at radius 3 is 2.26 bits per heavy atom. The van der Waals surface area contributed by atoms with Crippen molar-refractivity contribution in [3.8, 4) is 0 Å². The van der Waals surface area contributed by atoms with Gasteiger partial charge >= 0.3 is 0 Å². The molecule has 35 heavy (non-hydrogen) atoms. The monoisotopic (exact) mass is 498 g/mol. The van der Waals surface area contributed by atoms with Gasteiger partial charge in [0.25, 0.3) is 5.91 Å². The van der Waals surface area contributed by atoms with Crippen LogP contribution in [0, 0.1) is 13.8 Å². The van der Waals surface area contributed by atoms with Crippen LogP contribution in [-0.2, 0) is 19.6 Å². The first-order chi connectivity index (χ1) is 16.7. The molecule has 2 aromatic rings. The summed E-state index contributed by atoms with van der Waals surface area (Å²) >= 11 is 0. The van der Waals surface area contributed by atoms with Crippen LogP contribution in [0.25, 0.3) is 0 Å². The van der Waals surface area contributed by atoms with Crippen LogP contribution in [-0.4, -0.2) is 74.6 Å². The highest BCUT2D eigenvalue weighted by atomic mass is 32.2. The fourth-order valence-electron chi connectivity index (χ4n) is 4.39. The third kappa shape index (κ3) is 5.38. The topological polar surface area (TPSA) is 107 Å². The molecular weight excluding hydrogens is 468 g/mol. The maximum atomic E-state index is 13.1. The van der Waals surface area contributed by atoms with E-state index in [9.17, 15) is 22.8 Å². The molecule has 2 aliphatic heterocycles. The number of nitrogens with one attached hydrogen (secondary N) is 1. The zero-order valence-electron chi connectivity index (χ0n) is 20.0. The molecule has 0 spiro atoms. The maximum absolute atomic E-state index is 13.1. The highest BCUT2D eigenvalue weighted by Gasteiger charge is 2.31. The molecule has 2 aromatic carbocycles. The number of benzene rings is 2. The predicted molar refractivity (Wildman–Crippen MR) is 132 cm³/mol. The summed E-state index contributed by atoms with van der Waals surface area (Å²) in [6, 6.07) is 12.1. The molecule has 0 radical (unpaired) electrons. The Morgan fingerprint density at radius 1 is 0.943 bits per heavy atom. The molecule has 2 saturated heterocycles. The highest BCUT2D eigenvalue weighted by molar-refractivity contribution is 7.89. The number of carbonyl (C=O) groups is 3. The van der Waals surface area contributed by atoms with E-state index >= 15 is 0 Å². The first-order valence-corrected chi connectivity index (χ1v) is 13.1. The van der Waals surface area contributed by atoms with Crippen molar-refractivity contribution in [1.29, 1.82) is 0 Å². The number of carbonyl (C=O) groups excluding carboxylic acids is 3. The van der Waals surface area contributed by atoms with Gasteiger partial charge in [0.1, 0.15) is 0 Å². The van der Waals surface area contributed by atoms with Crippen molar-refractivity contribution in [1.82, 2.24) is 14.5 Å². The zero-order chi connectivity index (χ0) is 25.2. The van der Waals surface area contributed by atoms with Gasteiger partial charge in [0.05, 0.1) is 11.4 Å². The number of amides is 3. The molecule has 2 aliphatic rings. The van der Waals surface area contributed by atoms with Crippen LogP contribution in [0.3, 0.4) is 0 Å². The number of rotatable bonds is 6. The Balaban J connectivity index is 1.28. The van der Waals surface area contributed by atoms with Crippen LogP contribution in [0.1, 0.15) is 34.3 Å². The number of hydrogen-bond donors (Lipinski definition) is 1. The van der Waals surface area contributed by atoms with E-state index in [0.29, 0.717) is 29.0 Å². The van der Waals surface area contributed by atoms with Gasteiger partial charge in [-0.1, -0.05) is 12.1 Å². The van der Waals surface area contributed by atoms with Crippen molar-refractivity contribution in [2.45, 2.75) is 31.6 Å². The molecule has 1 N–H and O–H groups in total. The number of hydrogen-bond acceptors (Lipinski definition) is 5. The number of nitrogens with zero attached hydrogens (tertiary/aromatic N) is 3. The molecule has 10 heteroatoms. The molecule has 0 bridgehead atoms. The summed E-state index contributed by atoms with van der Waals surface area (Å²) < 4.78 is 27.6. The molecule has 0 aliphatic carbocycles. The Labute approximate surface area is 205 Å². The van der Waals surface area contributed by atoms with Gasteiger partial charge < -0.3 is 15.1 Å². The number of piperazine rings is 1. The van der Waals surface area contributed by atoms with Crippen molar-refractivity contribution >= 4 is 33.4 Å². The van der Waals surface area contributed by atoms with E-state index < -0.39 is 10.0 Å². The van der Waals surface area contributed by atoms with Crippen molar-refractivity contribution in [3.63, 3.8) is 0 Å². The smallest absolute Gasteiger partial charge is 0.251 e. The van der Waals surface area contributed by atoms with E-state index in [4.69, 9.17) is 0 Å². The Bertz CT molecular complexity index is 1240. The molecule has 2 fully saturated rings. The maximum Gasteiger partial charge on any atom is 0.251 e. The molecule has 4 rings (SSSR count). The van der Waals surface area contributed by atoms with E-state index in [1.165, 1.54) is 4.31 Å². The summed E-state index contributed by atoms with van der Waals surface area (Å²) in [4.78, 5) is 40.5. The van der Waals surface area contributed by atoms with Gasteiger partial charge in [0.2, 0.25) is 21.8 Å². The second kappa shape index (κ2) is 10.2. The second-order valence-corrected chi connectivity index (χ2v) is 10.8. The fraction of sp³-hybridized carbons (Fsp3) is 0.400. The predicted octanol–water partition coefficient (Wildman–Crippen LogP) is 1.69. The highest BCUT2D eigenvalue weighted by Crippen LogP contribution is 2.23. The van der Waals surface area contributed by atoms with Crippen LogP contribution in [0.4, 0.5) is 5.69 Å². The van der Waals surface area contributed by atoms with E-state index in [1.807, 2.05) is 13.0 Å². The van der Waals surface area contributed by atoms with Gasteiger partial charge in [-0.05, 0) is 61.7 Å². The van der Waals surface area contributed by atoms with Crippen molar-refractivity contribution < 1.29 is 22.8 Å². The molecule has 186 valence electrons. The minimum Gasteiger partial charge on any atom is -0.343 e. The molecule has 0 aromatic heterocycles. The van der Waals surface area contributed by atoms with Crippen molar-refractivity contribution in [2.75, 3.05) is 44.2 Å². The van der Waals surface area contributed by atoms with Gasteiger partial charge in [-0.15, -0.1) is 0 Å². The Morgan fingerprint density at radius 2 is 1.63 bits per heavy atom. The summed E-state index contributed by atoms with van der Waals surface area (Å²) in [6.07, 6.45) is 1.37. The summed E-state index contributed by atoms with van der Waals surface area (Å²) in [5.41, 5.74) is 2.72. The lowest BCUT2D eigenvalue weighted by Gasteiger charge is -2.34. The molecule has 0 atom stereocenters. The van der Waals surface area contributed by atoms with E-state index in [0.717, 1.165) is 17.7 Å². The van der Waals surface area contributed by atoms with E-state index in [1.54, 1.807) is 53.1 Å². The first-order valence-electron chi connectivity index (χ1n) is 11.7. The summed E-state index contributed by atoms with van der Waals surface area (Å²) in [7, 11) is -3.64. The SMILES string of the molecule is Cc1ccc(C)c(S(=O)(=O)N2CCN(C(=O)CNC(=O)c3ccc(N4CCCC4=O)cc3)CC2)c1. The van der Waals surface area contributed by atoms with Crippen LogP contribution in [0.15, 0.2) is 47.4 Å². The van der Waals surface area contributed by atoms with Gasteiger partial charge in [-0.3, -0.25) is 14.4 Å². The average Bonchev–Trinajstić information content (AvgIpc) is 3.29. The minimum atomic E-state index is -3.64. The molecule has 0 saturated carbocycles. The van der Waals surface area contributed by atoms with Crippen LogP contribution in [0.2, 0.25) is 0 Å². The quantitative estimate of drug-likeness (QED) is 0.652. The van der Waals surface area contributed by atoms with Gasteiger partial charge in [-0.25, -0.2) is 8.42 Å². The Hall–Kier alpha value is -3.24. The van der Waals surface area contributed by atoms with Crippen LogP contribution in [0.5, 0.6) is 0 Å². The van der Waals surface area contributed by atoms with Crippen molar-refractivity contribution in [3.05, 3.63) is 59.2 Å². The minimum absolute atomic E-state index is 0.0784. The zero-order valence-corrected chi connectivity index (χ0v) is 20.8. The molecule has 2 heterocycles. The van der Waals surface area contributed by atoms with Gasteiger partial charge in [0.15, 0.2) is 0 Å². The standard InChI is InChI=1S/C25H30N4O5S/c1-18-5-6-19(2)22(16-18)35(33,34)28-14-12-27(13-15-28)24(31)17-26-25(32)20-7-9-21(10-8-20)29-11-3-4-23(29)30/h5-10,16H,3-4,11-15,17H2,1-2H3,(H,26,32). The fourth-order valence-corrected chi connectivity index (χ4v) is 6.12. The molecule has 9 nitrogen and oxygen atoms in total. The number of sulfonamides is 1.